The maximum Gasteiger partial charge on any atom is 0.255 e. The van der Waals surface area contributed by atoms with Gasteiger partial charge in [-0.25, -0.2) is 4.99 Å². The van der Waals surface area contributed by atoms with Crippen LogP contribution in [0.2, 0.25) is 0 Å². The molecular weight excluding hydrogens is 234 g/mol. The van der Waals surface area contributed by atoms with E-state index >= 15 is 0 Å². The minimum absolute atomic E-state index is 0.177. The molecule has 1 amide bonds. The second-order valence-electron chi connectivity index (χ2n) is 3.80. The van der Waals surface area contributed by atoms with Crippen LogP contribution in [-0.4, -0.2) is 30.4 Å². The van der Waals surface area contributed by atoms with Gasteiger partial charge in [-0.3, -0.25) is 4.79 Å². The highest BCUT2D eigenvalue weighted by atomic mass is 16.5. The molecule has 18 heavy (non-hydrogen) atoms. The van der Waals surface area contributed by atoms with E-state index in [0.29, 0.717) is 41.3 Å². The van der Waals surface area contributed by atoms with E-state index in [1.165, 1.54) is 0 Å². The first-order valence-electron chi connectivity index (χ1n) is 5.67. The van der Waals surface area contributed by atoms with Crippen LogP contribution in [0.15, 0.2) is 21.6 Å². The summed E-state index contributed by atoms with van der Waals surface area (Å²) < 4.78 is 10.7. The van der Waals surface area contributed by atoms with E-state index in [2.05, 4.69) is 15.5 Å². The number of hydrogen-bond acceptors (Lipinski definition) is 5. The number of hydrogen-bond donors (Lipinski definition) is 1. The van der Waals surface area contributed by atoms with Gasteiger partial charge in [0.25, 0.3) is 5.91 Å². The van der Waals surface area contributed by atoms with Gasteiger partial charge in [-0.05, 0) is 19.1 Å². The zero-order chi connectivity index (χ0) is 12.5. The first-order valence-corrected chi connectivity index (χ1v) is 5.67. The van der Waals surface area contributed by atoms with Gasteiger partial charge in [-0.2, -0.15) is 0 Å². The molecule has 0 bridgehead atoms. The molecule has 1 aliphatic heterocycles. The van der Waals surface area contributed by atoms with Crippen molar-refractivity contribution in [3.63, 3.8) is 0 Å². The second kappa shape index (κ2) is 4.14. The fourth-order valence-corrected chi connectivity index (χ4v) is 1.91. The van der Waals surface area contributed by atoms with Crippen LogP contribution in [0, 0.1) is 0 Å². The topological polar surface area (TPSA) is 76.7 Å². The number of nitrogens with one attached hydrogen (secondary N) is 1. The van der Waals surface area contributed by atoms with Crippen molar-refractivity contribution in [2.24, 2.45) is 4.99 Å². The van der Waals surface area contributed by atoms with E-state index in [1.54, 1.807) is 18.3 Å². The van der Waals surface area contributed by atoms with Crippen molar-refractivity contribution in [1.82, 2.24) is 10.5 Å². The summed E-state index contributed by atoms with van der Waals surface area (Å²) in [6, 6.07) is 3.37. The molecule has 0 saturated heterocycles. The number of amides is 1. The molecule has 0 aliphatic carbocycles. The normalized spacial score (nSPS) is 13.2. The molecule has 1 aliphatic rings. The molecule has 1 aromatic heterocycles. The summed E-state index contributed by atoms with van der Waals surface area (Å²) >= 11 is 0. The molecule has 0 fully saturated rings. The lowest BCUT2D eigenvalue weighted by Crippen LogP contribution is -2.23. The van der Waals surface area contributed by atoms with Crippen LogP contribution < -0.4 is 10.1 Å². The van der Waals surface area contributed by atoms with E-state index in [-0.39, 0.29) is 5.91 Å². The van der Waals surface area contributed by atoms with E-state index in [1.807, 2.05) is 6.92 Å². The number of rotatable bonds is 2. The van der Waals surface area contributed by atoms with E-state index in [4.69, 9.17) is 9.26 Å². The lowest BCUT2D eigenvalue weighted by atomic mass is 10.1. The first kappa shape index (κ1) is 10.8. The summed E-state index contributed by atoms with van der Waals surface area (Å²) in [5, 5.41) is 7.24. The fourth-order valence-electron chi connectivity index (χ4n) is 1.91. The molecule has 0 saturated carbocycles. The predicted molar refractivity (Wildman–Crippen MR) is 65.7 cm³/mol. The molecule has 1 N–H and O–H groups in total. The minimum atomic E-state index is -0.177. The Morgan fingerprint density at radius 1 is 1.50 bits per heavy atom. The SMILES string of the molecule is CCNC(=O)c1ccc2onc3c2c1OCC=N3. The molecule has 3 rings (SSSR count). The Morgan fingerprint density at radius 3 is 3.22 bits per heavy atom. The molecule has 6 heteroatoms. The zero-order valence-electron chi connectivity index (χ0n) is 9.77. The maximum absolute atomic E-state index is 12.0. The molecular formula is C12H11N3O3. The molecule has 0 unspecified atom stereocenters. The largest absolute Gasteiger partial charge is 0.486 e. The lowest BCUT2D eigenvalue weighted by Gasteiger charge is -2.09. The fraction of sp³-hybridized carbons (Fsp3) is 0.250. The standard InChI is InChI=1S/C12H11N3O3/c1-2-13-12(16)7-3-4-8-9-10(7)17-6-5-14-11(9)15-18-8/h3-5H,2,6H2,1H3,(H,13,16). The van der Waals surface area contributed by atoms with Crippen LogP contribution in [0.5, 0.6) is 5.75 Å². The number of carbonyl (C=O) groups excluding carboxylic acids is 1. The Hall–Kier alpha value is -2.37. The summed E-state index contributed by atoms with van der Waals surface area (Å²) in [6.45, 7) is 2.73. The Bertz CT molecular complexity index is 645. The predicted octanol–water partition coefficient (Wildman–Crippen LogP) is 1.67. The van der Waals surface area contributed by atoms with Crippen LogP contribution >= 0.6 is 0 Å². The quantitative estimate of drug-likeness (QED) is 0.873. The smallest absolute Gasteiger partial charge is 0.255 e. The Balaban J connectivity index is 2.23. The van der Waals surface area contributed by atoms with E-state index in [9.17, 15) is 4.79 Å². The molecule has 6 nitrogen and oxygen atoms in total. The summed E-state index contributed by atoms with van der Waals surface area (Å²) in [5.41, 5.74) is 1.03. The lowest BCUT2D eigenvalue weighted by molar-refractivity contribution is 0.0953. The van der Waals surface area contributed by atoms with E-state index in [0.717, 1.165) is 0 Å². The maximum atomic E-state index is 12.0. The molecule has 1 aromatic carbocycles. The van der Waals surface area contributed by atoms with Crippen molar-refractivity contribution in [2.45, 2.75) is 6.92 Å². The first-order chi connectivity index (χ1) is 8.81. The van der Waals surface area contributed by atoms with Gasteiger partial charge in [0.1, 0.15) is 17.7 Å². The third-order valence-electron chi connectivity index (χ3n) is 2.67. The second-order valence-corrected chi connectivity index (χ2v) is 3.80. The van der Waals surface area contributed by atoms with Gasteiger partial charge in [0.05, 0.1) is 5.56 Å². The van der Waals surface area contributed by atoms with Crippen molar-refractivity contribution in [1.29, 1.82) is 0 Å². The Morgan fingerprint density at radius 2 is 2.39 bits per heavy atom. The van der Waals surface area contributed by atoms with Gasteiger partial charge < -0.3 is 14.6 Å². The number of aliphatic imine (C=N–C) groups is 1. The molecule has 2 aromatic rings. The van der Waals surface area contributed by atoms with Crippen molar-refractivity contribution in [2.75, 3.05) is 13.2 Å². The number of aromatic nitrogens is 1. The average molecular weight is 245 g/mol. The molecule has 0 atom stereocenters. The van der Waals surface area contributed by atoms with Crippen molar-refractivity contribution >= 4 is 28.9 Å². The number of ether oxygens (including phenoxy) is 1. The Labute approximate surface area is 103 Å². The van der Waals surface area contributed by atoms with Gasteiger partial charge in [-0.1, -0.05) is 5.16 Å². The van der Waals surface area contributed by atoms with Crippen molar-refractivity contribution in [3.8, 4) is 5.75 Å². The third kappa shape index (κ3) is 1.54. The number of benzene rings is 1. The molecule has 92 valence electrons. The van der Waals surface area contributed by atoms with Gasteiger partial charge in [0.15, 0.2) is 5.58 Å². The van der Waals surface area contributed by atoms with Crippen LogP contribution in [0.4, 0.5) is 5.82 Å². The summed E-state index contributed by atoms with van der Waals surface area (Å²) in [7, 11) is 0. The van der Waals surface area contributed by atoms with Crippen LogP contribution in [0.1, 0.15) is 17.3 Å². The summed E-state index contributed by atoms with van der Waals surface area (Å²) in [5.74, 6) is 0.749. The third-order valence-corrected chi connectivity index (χ3v) is 2.67. The van der Waals surface area contributed by atoms with Crippen molar-refractivity contribution < 1.29 is 14.1 Å². The number of nitrogens with zero attached hydrogens (tertiary/aromatic N) is 2. The summed E-state index contributed by atoms with van der Waals surface area (Å²) in [6.07, 6.45) is 1.60. The van der Waals surface area contributed by atoms with Gasteiger partial charge in [0.2, 0.25) is 5.82 Å². The molecule has 2 heterocycles. The average Bonchev–Trinajstić information content (AvgIpc) is 2.65. The minimum Gasteiger partial charge on any atom is -0.486 e. The zero-order valence-corrected chi connectivity index (χ0v) is 9.77. The van der Waals surface area contributed by atoms with Crippen LogP contribution in [0.3, 0.4) is 0 Å². The highest BCUT2D eigenvalue weighted by molar-refractivity contribution is 6.06. The summed E-state index contributed by atoms with van der Waals surface area (Å²) in [4.78, 5) is 16.1. The number of carbonyl (C=O) groups is 1. The van der Waals surface area contributed by atoms with Crippen molar-refractivity contribution in [3.05, 3.63) is 17.7 Å². The van der Waals surface area contributed by atoms with Crippen LogP contribution in [0.25, 0.3) is 11.0 Å². The molecule has 0 radical (unpaired) electrons. The van der Waals surface area contributed by atoms with Gasteiger partial charge in [-0.15, -0.1) is 0 Å². The van der Waals surface area contributed by atoms with E-state index < -0.39 is 0 Å². The highest BCUT2D eigenvalue weighted by Crippen LogP contribution is 2.37. The molecule has 0 spiro atoms. The van der Waals surface area contributed by atoms with Gasteiger partial charge in [0, 0.05) is 12.8 Å². The highest BCUT2D eigenvalue weighted by Gasteiger charge is 2.22. The Kier molecular flexibility index (Phi) is 2.47. The van der Waals surface area contributed by atoms with Gasteiger partial charge >= 0.3 is 0 Å². The van der Waals surface area contributed by atoms with Crippen LogP contribution in [-0.2, 0) is 0 Å². The monoisotopic (exact) mass is 245 g/mol.